The van der Waals surface area contributed by atoms with Gasteiger partial charge >= 0.3 is 0 Å². The molecule has 1 atom stereocenters. The summed E-state index contributed by atoms with van der Waals surface area (Å²) in [5.74, 6) is -0.995. The van der Waals surface area contributed by atoms with Crippen molar-refractivity contribution < 1.29 is 19.2 Å². The molecule has 0 spiro atoms. The molecule has 0 aromatic heterocycles. The predicted molar refractivity (Wildman–Crippen MR) is 158 cm³/mol. The summed E-state index contributed by atoms with van der Waals surface area (Å²) < 4.78 is 5.87. The highest BCUT2D eigenvalue weighted by Crippen LogP contribution is 2.44. The quantitative estimate of drug-likeness (QED) is 0.208. The number of ether oxygens (including phenoxy) is 1. The van der Waals surface area contributed by atoms with E-state index in [4.69, 9.17) is 4.74 Å². The third kappa shape index (κ3) is 6.93. The van der Waals surface area contributed by atoms with Gasteiger partial charge in [0.05, 0.1) is 39.9 Å². The number of anilines is 2. The average Bonchev–Trinajstić information content (AvgIpc) is 2.97. The number of para-hydroxylation sites is 2. The lowest BCUT2D eigenvalue weighted by atomic mass is 9.81. The maximum absolute atomic E-state index is 13.6. The number of allylic oxidation sites excluding steroid dienone is 2. The molecule has 1 aliphatic heterocycles. The van der Waals surface area contributed by atoms with Crippen LogP contribution < -0.4 is 20.7 Å². The monoisotopic (exact) mass is 569 g/mol. The Hall–Kier alpha value is -5.08. The van der Waals surface area contributed by atoms with Crippen LogP contribution in [0.15, 0.2) is 101 Å². The molecular weight excluding hydrogens is 542 g/mol. The van der Waals surface area contributed by atoms with Crippen LogP contribution in [-0.4, -0.2) is 29.1 Å². The number of carbonyl (C=O) groups excluding carboxylic acids is 2. The Kier molecular flexibility index (Phi) is 9.39. The number of benzene rings is 3. The van der Waals surface area contributed by atoms with Crippen LogP contribution in [0, 0.1) is 21.4 Å². The fraction of sp³-hybridized carbons (Fsp3) is 0.167. The molecule has 1 unspecified atom stereocenters. The zero-order chi connectivity index (χ0) is 29.4. The normalized spacial score (nSPS) is 14.5. The standard InChI is InChI=1S/C30H27N5O5S/c1-3-40-25-12-8-7-11-23(25)28-24(17-31)30(32-19(2)27(28)29(37)34-20-9-5-4-6-10-20)41-18-26(36)33-21-13-15-22(16-14-21)35(38)39/h4-16,28,32H,3,18H2,1-2H3,(H,33,36)(H,34,37). The van der Waals surface area contributed by atoms with Gasteiger partial charge in [0.25, 0.3) is 11.6 Å². The number of non-ortho nitro benzene ring substituents is 1. The molecular formula is C30H27N5O5S. The third-order valence-electron chi connectivity index (χ3n) is 6.16. The van der Waals surface area contributed by atoms with Crippen LogP contribution in [0.2, 0.25) is 0 Å². The smallest absolute Gasteiger partial charge is 0.269 e. The van der Waals surface area contributed by atoms with Crippen molar-refractivity contribution in [1.29, 1.82) is 5.26 Å². The fourth-order valence-corrected chi connectivity index (χ4v) is 5.26. The SMILES string of the molecule is CCOc1ccccc1C1C(C#N)=C(SCC(=O)Nc2ccc([N+](=O)[O-])cc2)NC(C)=C1C(=O)Nc1ccccc1. The number of hydrogen-bond acceptors (Lipinski definition) is 8. The number of carbonyl (C=O) groups is 2. The lowest BCUT2D eigenvalue weighted by molar-refractivity contribution is -0.384. The Labute approximate surface area is 241 Å². The van der Waals surface area contributed by atoms with Gasteiger partial charge in [0.2, 0.25) is 5.91 Å². The number of nitriles is 1. The zero-order valence-electron chi connectivity index (χ0n) is 22.3. The zero-order valence-corrected chi connectivity index (χ0v) is 23.2. The van der Waals surface area contributed by atoms with Crippen molar-refractivity contribution in [1.82, 2.24) is 5.32 Å². The number of nitro benzene ring substituents is 1. The number of nitrogens with zero attached hydrogens (tertiary/aromatic N) is 2. The first-order chi connectivity index (χ1) is 19.8. The summed E-state index contributed by atoms with van der Waals surface area (Å²) in [6.07, 6.45) is 0. The van der Waals surface area contributed by atoms with Crippen LogP contribution >= 0.6 is 11.8 Å². The van der Waals surface area contributed by atoms with E-state index in [1.807, 2.05) is 43.3 Å². The fourth-order valence-electron chi connectivity index (χ4n) is 4.37. The number of hydrogen-bond donors (Lipinski definition) is 3. The maximum atomic E-state index is 13.6. The van der Waals surface area contributed by atoms with Crippen molar-refractivity contribution in [2.75, 3.05) is 23.0 Å². The molecule has 11 heteroatoms. The highest BCUT2D eigenvalue weighted by molar-refractivity contribution is 8.03. The number of nitro groups is 1. The van der Waals surface area contributed by atoms with E-state index in [0.29, 0.717) is 45.6 Å². The van der Waals surface area contributed by atoms with Crippen LogP contribution in [-0.2, 0) is 9.59 Å². The number of dihydropyridines is 1. The van der Waals surface area contributed by atoms with Crippen molar-refractivity contribution in [3.8, 4) is 11.8 Å². The van der Waals surface area contributed by atoms with E-state index in [1.165, 1.54) is 24.3 Å². The van der Waals surface area contributed by atoms with Gasteiger partial charge in [-0.25, -0.2) is 0 Å². The molecule has 208 valence electrons. The molecule has 1 aliphatic rings. The van der Waals surface area contributed by atoms with E-state index in [-0.39, 0.29) is 28.8 Å². The van der Waals surface area contributed by atoms with Crippen molar-refractivity contribution >= 4 is 40.6 Å². The van der Waals surface area contributed by atoms with E-state index in [1.54, 1.807) is 25.1 Å². The highest BCUT2D eigenvalue weighted by Gasteiger charge is 2.36. The summed E-state index contributed by atoms with van der Waals surface area (Å²) >= 11 is 1.12. The minimum absolute atomic E-state index is 0.0524. The molecule has 0 saturated carbocycles. The molecule has 3 aromatic carbocycles. The Morgan fingerprint density at radius 1 is 1.02 bits per heavy atom. The minimum Gasteiger partial charge on any atom is -0.494 e. The van der Waals surface area contributed by atoms with Gasteiger partial charge in [0.1, 0.15) is 5.75 Å². The summed E-state index contributed by atoms with van der Waals surface area (Å²) in [5.41, 5.74) is 2.75. The van der Waals surface area contributed by atoms with Gasteiger partial charge in [-0.3, -0.25) is 19.7 Å². The van der Waals surface area contributed by atoms with Crippen LogP contribution in [0.1, 0.15) is 25.3 Å². The number of nitrogens with one attached hydrogen (secondary N) is 3. The number of amides is 2. The third-order valence-corrected chi connectivity index (χ3v) is 7.18. The van der Waals surface area contributed by atoms with Crippen molar-refractivity contribution in [2.45, 2.75) is 19.8 Å². The lowest BCUT2D eigenvalue weighted by Crippen LogP contribution is -2.31. The van der Waals surface area contributed by atoms with Gasteiger partial charge in [0, 0.05) is 40.3 Å². The Bertz CT molecular complexity index is 1560. The van der Waals surface area contributed by atoms with Crippen molar-refractivity contribution in [2.24, 2.45) is 0 Å². The second kappa shape index (κ2) is 13.3. The minimum atomic E-state index is -0.757. The Morgan fingerprint density at radius 3 is 2.34 bits per heavy atom. The van der Waals surface area contributed by atoms with Crippen LogP contribution in [0.5, 0.6) is 5.75 Å². The molecule has 10 nitrogen and oxygen atoms in total. The van der Waals surface area contributed by atoms with Gasteiger partial charge in [0.15, 0.2) is 0 Å². The summed E-state index contributed by atoms with van der Waals surface area (Å²) in [6.45, 7) is 4.00. The van der Waals surface area contributed by atoms with E-state index in [9.17, 15) is 25.0 Å². The topological polar surface area (TPSA) is 146 Å². The molecule has 2 amide bonds. The Morgan fingerprint density at radius 2 is 1.68 bits per heavy atom. The summed E-state index contributed by atoms with van der Waals surface area (Å²) in [5, 5.41) is 30.5. The largest absolute Gasteiger partial charge is 0.494 e. The van der Waals surface area contributed by atoms with Crippen LogP contribution in [0.4, 0.5) is 17.1 Å². The molecule has 0 radical (unpaired) electrons. The van der Waals surface area contributed by atoms with Crippen molar-refractivity contribution in [3.63, 3.8) is 0 Å². The number of thioether (sulfide) groups is 1. The highest BCUT2D eigenvalue weighted by atomic mass is 32.2. The molecule has 0 saturated heterocycles. The molecule has 0 bridgehead atoms. The van der Waals surface area contributed by atoms with E-state index in [0.717, 1.165) is 11.8 Å². The first kappa shape index (κ1) is 28.9. The van der Waals surface area contributed by atoms with Gasteiger partial charge in [-0.2, -0.15) is 5.26 Å². The Balaban J connectivity index is 1.64. The summed E-state index contributed by atoms with van der Waals surface area (Å²) in [4.78, 5) is 36.7. The maximum Gasteiger partial charge on any atom is 0.269 e. The van der Waals surface area contributed by atoms with Crippen LogP contribution in [0.3, 0.4) is 0 Å². The first-order valence-corrected chi connectivity index (χ1v) is 13.7. The molecule has 3 aromatic rings. The van der Waals surface area contributed by atoms with Crippen molar-refractivity contribution in [3.05, 3.63) is 116 Å². The first-order valence-electron chi connectivity index (χ1n) is 12.7. The molecule has 1 heterocycles. The van der Waals surface area contributed by atoms with Gasteiger partial charge in [-0.1, -0.05) is 48.2 Å². The lowest BCUT2D eigenvalue weighted by Gasteiger charge is -2.30. The summed E-state index contributed by atoms with van der Waals surface area (Å²) in [6, 6.07) is 24.1. The molecule has 0 aliphatic carbocycles. The molecule has 3 N–H and O–H groups in total. The van der Waals surface area contributed by atoms with E-state index in [2.05, 4.69) is 22.0 Å². The van der Waals surface area contributed by atoms with E-state index < -0.39 is 10.8 Å². The predicted octanol–water partition coefficient (Wildman–Crippen LogP) is 5.70. The second-order valence-corrected chi connectivity index (χ2v) is 9.87. The average molecular weight is 570 g/mol. The van der Waals surface area contributed by atoms with E-state index >= 15 is 0 Å². The van der Waals surface area contributed by atoms with Gasteiger partial charge < -0.3 is 20.7 Å². The molecule has 4 rings (SSSR count). The van der Waals surface area contributed by atoms with Gasteiger partial charge in [-0.15, -0.1) is 0 Å². The number of rotatable bonds is 10. The van der Waals surface area contributed by atoms with Gasteiger partial charge in [-0.05, 0) is 44.2 Å². The van der Waals surface area contributed by atoms with Crippen LogP contribution in [0.25, 0.3) is 0 Å². The molecule has 0 fully saturated rings. The molecule has 41 heavy (non-hydrogen) atoms. The summed E-state index contributed by atoms with van der Waals surface area (Å²) in [7, 11) is 0. The second-order valence-electron chi connectivity index (χ2n) is 8.88.